The molecule has 0 aliphatic heterocycles. The second-order valence-electron chi connectivity index (χ2n) is 6.59. The van der Waals surface area contributed by atoms with Crippen LogP contribution in [0.4, 0.5) is 20.2 Å². The molecular weight excluding hydrogens is 406 g/mol. The van der Waals surface area contributed by atoms with Crippen LogP contribution in [0.2, 0.25) is 0 Å². The molecule has 0 radical (unpaired) electrons. The molecule has 0 saturated heterocycles. The Morgan fingerprint density at radius 2 is 1.61 bits per heavy atom. The Balaban J connectivity index is 1.76. The molecule has 4 aromatic rings. The molecule has 1 aromatic heterocycles. The lowest BCUT2D eigenvalue weighted by Crippen LogP contribution is -2.12. The van der Waals surface area contributed by atoms with Gasteiger partial charge in [-0.25, -0.2) is 13.5 Å². The van der Waals surface area contributed by atoms with E-state index in [0.717, 1.165) is 12.1 Å². The maximum absolute atomic E-state index is 13.5. The summed E-state index contributed by atoms with van der Waals surface area (Å²) < 4.78 is 28.5. The number of amides is 1. The Labute approximate surface area is 174 Å². The van der Waals surface area contributed by atoms with Crippen LogP contribution in [0.25, 0.3) is 16.9 Å². The third-order valence-electron chi connectivity index (χ3n) is 4.45. The largest absolute Gasteiger partial charge is 0.322 e. The number of nitro benzene ring substituents is 1. The fourth-order valence-corrected chi connectivity index (χ4v) is 3.03. The van der Waals surface area contributed by atoms with Gasteiger partial charge in [-0.05, 0) is 36.4 Å². The van der Waals surface area contributed by atoms with E-state index in [1.54, 1.807) is 24.3 Å². The number of anilines is 1. The molecule has 0 spiro atoms. The lowest BCUT2D eigenvalue weighted by atomic mass is 10.1. The molecule has 1 N–H and O–H groups in total. The molecule has 154 valence electrons. The first-order chi connectivity index (χ1) is 14.9. The van der Waals surface area contributed by atoms with Gasteiger partial charge in [0.25, 0.3) is 11.6 Å². The zero-order valence-corrected chi connectivity index (χ0v) is 15.8. The third-order valence-corrected chi connectivity index (χ3v) is 4.45. The Kier molecular flexibility index (Phi) is 5.23. The lowest BCUT2D eigenvalue weighted by Gasteiger charge is -2.06. The average molecular weight is 420 g/mol. The van der Waals surface area contributed by atoms with Gasteiger partial charge in [0.1, 0.15) is 17.3 Å². The Morgan fingerprint density at radius 3 is 2.23 bits per heavy atom. The quantitative estimate of drug-likeness (QED) is 0.364. The minimum Gasteiger partial charge on any atom is -0.322 e. The SMILES string of the molecule is O=C(Nc1cc(F)cc(F)c1)c1cn(-c2ccccc2)nc1-c1ccc([N+](=O)[O-])cc1. The van der Waals surface area contributed by atoms with E-state index in [1.807, 2.05) is 6.07 Å². The number of nitro groups is 1. The smallest absolute Gasteiger partial charge is 0.269 e. The standard InChI is InChI=1S/C22H14F2N4O3/c23-15-10-16(24)12-17(11-15)25-22(29)20-13-27(18-4-2-1-3-5-18)26-21(20)14-6-8-19(9-7-14)28(30)31/h1-13H,(H,25,29). The van der Waals surface area contributed by atoms with E-state index in [2.05, 4.69) is 10.4 Å². The number of nitrogens with zero attached hydrogens (tertiary/aromatic N) is 3. The van der Waals surface area contributed by atoms with Gasteiger partial charge >= 0.3 is 0 Å². The highest BCUT2D eigenvalue weighted by Gasteiger charge is 2.20. The highest BCUT2D eigenvalue weighted by Crippen LogP contribution is 2.27. The first-order valence-corrected chi connectivity index (χ1v) is 9.08. The molecule has 3 aromatic carbocycles. The number of nitrogens with one attached hydrogen (secondary N) is 1. The van der Waals surface area contributed by atoms with Crippen LogP contribution in [0.5, 0.6) is 0 Å². The van der Waals surface area contributed by atoms with Gasteiger partial charge < -0.3 is 5.32 Å². The molecule has 0 aliphatic carbocycles. The molecule has 0 aliphatic rings. The zero-order valence-electron chi connectivity index (χ0n) is 15.8. The average Bonchev–Trinajstić information content (AvgIpc) is 3.19. The molecule has 9 heteroatoms. The van der Waals surface area contributed by atoms with Crippen LogP contribution >= 0.6 is 0 Å². The molecule has 7 nitrogen and oxygen atoms in total. The van der Waals surface area contributed by atoms with E-state index in [1.165, 1.54) is 35.1 Å². The maximum atomic E-state index is 13.5. The summed E-state index contributed by atoms with van der Waals surface area (Å²) >= 11 is 0. The van der Waals surface area contributed by atoms with Crippen molar-refractivity contribution >= 4 is 17.3 Å². The molecular formula is C22H14F2N4O3. The minimum absolute atomic E-state index is 0.0513. The van der Waals surface area contributed by atoms with Crippen LogP contribution in [-0.4, -0.2) is 20.6 Å². The predicted molar refractivity (Wildman–Crippen MR) is 110 cm³/mol. The molecule has 0 fully saturated rings. The van der Waals surface area contributed by atoms with Crippen molar-refractivity contribution in [3.05, 3.63) is 106 Å². The van der Waals surface area contributed by atoms with Gasteiger partial charge in [0.15, 0.2) is 0 Å². The van der Waals surface area contributed by atoms with Crippen molar-refractivity contribution < 1.29 is 18.5 Å². The number of aromatic nitrogens is 2. The van der Waals surface area contributed by atoms with E-state index in [0.29, 0.717) is 17.3 Å². The van der Waals surface area contributed by atoms with Gasteiger partial charge in [-0.1, -0.05) is 18.2 Å². The maximum Gasteiger partial charge on any atom is 0.269 e. The summed E-state index contributed by atoms with van der Waals surface area (Å²) in [6.07, 6.45) is 1.48. The van der Waals surface area contributed by atoms with Crippen molar-refractivity contribution in [1.29, 1.82) is 0 Å². The van der Waals surface area contributed by atoms with E-state index in [9.17, 15) is 23.7 Å². The fraction of sp³-hybridized carbons (Fsp3) is 0. The second kappa shape index (κ2) is 8.15. The summed E-state index contributed by atoms with van der Waals surface area (Å²) in [5.74, 6) is -2.29. The van der Waals surface area contributed by atoms with Gasteiger partial charge in [0.2, 0.25) is 0 Å². The number of hydrogen-bond donors (Lipinski definition) is 1. The number of para-hydroxylation sites is 1. The number of benzene rings is 3. The summed E-state index contributed by atoms with van der Waals surface area (Å²) in [6, 6.07) is 17.3. The van der Waals surface area contributed by atoms with Gasteiger partial charge in [-0.2, -0.15) is 5.10 Å². The monoisotopic (exact) mass is 420 g/mol. The van der Waals surface area contributed by atoms with E-state index < -0.39 is 22.5 Å². The molecule has 0 saturated carbocycles. The number of hydrogen-bond acceptors (Lipinski definition) is 4. The van der Waals surface area contributed by atoms with Crippen LogP contribution in [0.1, 0.15) is 10.4 Å². The van der Waals surface area contributed by atoms with Crippen LogP contribution in [0.15, 0.2) is 79.0 Å². The van der Waals surface area contributed by atoms with Gasteiger partial charge in [-0.3, -0.25) is 14.9 Å². The molecule has 0 atom stereocenters. The van der Waals surface area contributed by atoms with Crippen LogP contribution < -0.4 is 5.32 Å². The summed E-state index contributed by atoms with van der Waals surface area (Å²) in [6.45, 7) is 0. The van der Waals surface area contributed by atoms with Crippen molar-refractivity contribution in [1.82, 2.24) is 9.78 Å². The predicted octanol–water partition coefficient (Wildman–Crippen LogP) is 4.98. The van der Waals surface area contributed by atoms with Crippen molar-refractivity contribution in [2.24, 2.45) is 0 Å². The number of carbonyl (C=O) groups is 1. The van der Waals surface area contributed by atoms with E-state index >= 15 is 0 Å². The summed E-state index contributed by atoms with van der Waals surface area (Å²) in [5.41, 5.74) is 1.38. The van der Waals surface area contributed by atoms with Crippen LogP contribution in [-0.2, 0) is 0 Å². The first kappa shape index (κ1) is 19.9. The number of non-ortho nitro benzene ring substituents is 1. The molecule has 4 rings (SSSR count). The molecule has 31 heavy (non-hydrogen) atoms. The normalized spacial score (nSPS) is 10.6. The molecule has 1 heterocycles. The summed E-state index contributed by atoms with van der Waals surface area (Å²) in [5, 5.41) is 17.9. The first-order valence-electron chi connectivity index (χ1n) is 9.08. The van der Waals surface area contributed by atoms with E-state index in [-0.39, 0.29) is 22.6 Å². The third kappa shape index (κ3) is 4.30. The summed E-state index contributed by atoms with van der Waals surface area (Å²) in [7, 11) is 0. The number of carbonyl (C=O) groups excluding carboxylic acids is 1. The zero-order chi connectivity index (χ0) is 22.0. The molecule has 0 bridgehead atoms. The van der Waals surface area contributed by atoms with Crippen LogP contribution in [0, 0.1) is 21.7 Å². The van der Waals surface area contributed by atoms with Crippen molar-refractivity contribution in [3.63, 3.8) is 0 Å². The summed E-state index contributed by atoms with van der Waals surface area (Å²) in [4.78, 5) is 23.3. The van der Waals surface area contributed by atoms with Gasteiger partial charge in [0.05, 0.1) is 16.2 Å². The van der Waals surface area contributed by atoms with Gasteiger partial charge in [-0.15, -0.1) is 0 Å². The van der Waals surface area contributed by atoms with Crippen molar-refractivity contribution in [3.8, 4) is 16.9 Å². The number of halogens is 2. The number of rotatable bonds is 5. The van der Waals surface area contributed by atoms with Gasteiger partial charge in [0, 0.05) is 35.6 Å². The Bertz CT molecular complexity index is 1250. The highest BCUT2D eigenvalue weighted by atomic mass is 19.1. The second-order valence-corrected chi connectivity index (χ2v) is 6.59. The lowest BCUT2D eigenvalue weighted by molar-refractivity contribution is -0.384. The van der Waals surface area contributed by atoms with E-state index in [4.69, 9.17) is 0 Å². The van der Waals surface area contributed by atoms with Crippen molar-refractivity contribution in [2.75, 3.05) is 5.32 Å². The van der Waals surface area contributed by atoms with Crippen molar-refractivity contribution in [2.45, 2.75) is 0 Å². The molecule has 0 unspecified atom stereocenters. The molecule has 1 amide bonds. The minimum atomic E-state index is -0.828. The topological polar surface area (TPSA) is 90.1 Å². The van der Waals surface area contributed by atoms with Crippen LogP contribution in [0.3, 0.4) is 0 Å². The fourth-order valence-electron chi connectivity index (χ4n) is 3.03. The Morgan fingerprint density at radius 1 is 0.968 bits per heavy atom. The highest BCUT2D eigenvalue weighted by molar-refractivity contribution is 6.08. The Hall–Kier alpha value is -4.40.